The van der Waals surface area contributed by atoms with Crippen LogP contribution in [0.25, 0.3) is 0 Å². The van der Waals surface area contributed by atoms with Gasteiger partial charge in [0.1, 0.15) is 0 Å². The second kappa shape index (κ2) is 7.17. The van der Waals surface area contributed by atoms with Gasteiger partial charge in [-0.3, -0.25) is 0 Å². The van der Waals surface area contributed by atoms with E-state index in [2.05, 4.69) is 29.3 Å². The quantitative estimate of drug-likeness (QED) is 0.755. The Bertz CT molecular complexity index is 237. The first-order valence-electron chi connectivity index (χ1n) is 7.49. The summed E-state index contributed by atoms with van der Waals surface area (Å²) in [4.78, 5) is 2.59. The maximum absolute atomic E-state index is 3.82. The van der Waals surface area contributed by atoms with Crippen LogP contribution in [0.15, 0.2) is 12.2 Å². The lowest BCUT2D eigenvalue weighted by atomic mass is 9.94. The van der Waals surface area contributed by atoms with Crippen LogP contribution in [-0.4, -0.2) is 37.1 Å². The van der Waals surface area contributed by atoms with Gasteiger partial charge in [-0.05, 0) is 70.6 Å². The maximum atomic E-state index is 3.82. The van der Waals surface area contributed by atoms with Crippen molar-refractivity contribution in [3.05, 3.63) is 12.2 Å². The summed E-state index contributed by atoms with van der Waals surface area (Å²) in [7, 11) is 0. The SMILES string of the molecule is CCN1CCCC(NCC2CC=CCC2)CC1. The molecule has 1 saturated heterocycles. The first-order valence-corrected chi connectivity index (χ1v) is 7.49. The Balaban J connectivity index is 1.66. The highest BCUT2D eigenvalue weighted by Gasteiger charge is 2.17. The van der Waals surface area contributed by atoms with Crippen molar-refractivity contribution in [1.82, 2.24) is 10.2 Å². The zero-order valence-corrected chi connectivity index (χ0v) is 11.3. The van der Waals surface area contributed by atoms with E-state index in [4.69, 9.17) is 0 Å². The van der Waals surface area contributed by atoms with E-state index < -0.39 is 0 Å². The molecule has 1 fully saturated rings. The topological polar surface area (TPSA) is 15.3 Å². The first-order chi connectivity index (χ1) is 8.38. The number of rotatable bonds is 4. The van der Waals surface area contributed by atoms with E-state index >= 15 is 0 Å². The minimum Gasteiger partial charge on any atom is -0.314 e. The van der Waals surface area contributed by atoms with Crippen LogP contribution in [0.1, 0.15) is 45.4 Å². The Labute approximate surface area is 106 Å². The standard InChI is InChI=1S/C15H28N2/c1-2-17-11-6-9-15(10-12-17)16-13-14-7-4-3-5-8-14/h3-4,14-16H,2,5-13H2,1H3. The molecule has 1 aliphatic carbocycles. The summed E-state index contributed by atoms with van der Waals surface area (Å²) in [6, 6.07) is 0.775. The van der Waals surface area contributed by atoms with Crippen molar-refractivity contribution in [2.45, 2.75) is 51.5 Å². The molecule has 2 aliphatic rings. The summed E-state index contributed by atoms with van der Waals surface area (Å²) in [5, 5.41) is 3.82. The molecule has 0 aromatic carbocycles. The lowest BCUT2D eigenvalue weighted by Gasteiger charge is -2.23. The van der Waals surface area contributed by atoms with Crippen LogP contribution in [0.4, 0.5) is 0 Å². The van der Waals surface area contributed by atoms with Crippen molar-refractivity contribution in [3.63, 3.8) is 0 Å². The molecule has 2 rings (SSSR count). The van der Waals surface area contributed by atoms with E-state index in [-0.39, 0.29) is 0 Å². The summed E-state index contributed by atoms with van der Waals surface area (Å²) in [6.45, 7) is 7.34. The van der Waals surface area contributed by atoms with Crippen LogP contribution in [-0.2, 0) is 0 Å². The molecule has 0 radical (unpaired) electrons. The molecular formula is C15H28N2. The van der Waals surface area contributed by atoms with Crippen molar-refractivity contribution in [1.29, 1.82) is 0 Å². The van der Waals surface area contributed by atoms with E-state index in [1.54, 1.807) is 0 Å². The average molecular weight is 236 g/mol. The first kappa shape index (κ1) is 13.1. The van der Waals surface area contributed by atoms with Crippen molar-refractivity contribution in [2.75, 3.05) is 26.2 Å². The van der Waals surface area contributed by atoms with Crippen LogP contribution in [0, 0.1) is 5.92 Å². The van der Waals surface area contributed by atoms with Gasteiger partial charge in [0, 0.05) is 6.04 Å². The van der Waals surface area contributed by atoms with E-state index in [0.717, 1.165) is 12.0 Å². The summed E-state index contributed by atoms with van der Waals surface area (Å²) < 4.78 is 0. The Morgan fingerprint density at radius 3 is 2.88 bits per heavy atom. The molecule has 1 heterocycles. The summed E-state index contributed by atoms with van der Waals surface area (Å²) in [6.07, 6.45) is 12.8. The van der Waals surface area contributed by atoms with Gasteiger partial charge < -0.3 is 10.2 Å². The van der Waals surface area contributed by atoms with Crippen LogP contribution in [0.2, 0.25) is 0 Å². The third-order valence-corrected chi connectivity index (χ3v) is 4.34. The van der Waals surface area contributed by atoms with E-state index in [9.17, 15) is 0 Å². The third kappa shape index (κ3) is 4.44. The number of likely N-dealkylation sites (tertiary alicyclic amines) is 1. The van der Waals surface area contributed by atoms with Crippen LogP contribution in [0.5, 0.6) is 0 Å². The summed E-state index contributed by atoms with van der Waals surface area (Å²) >= 11 is 0. The van der Waals surface area contributed by atoms with Gasteiger partial charge in [0.15, 0.2) is 0 Å². The number of hydrogen-bond donors (Lipinski definition) is 1. The molecule has 2 atom stereocenters. The molecular weight excluding hydrogens is 208 g/mol. The molecule has 0 aromatic heterocycles. The van der Waals surface area contributed by atoms with Gasteiger partial charge in [-0.1, -0.05) is 19.1 Å². The fraction of sp³-hybridized carbons (Fsp3) is 0.867. The molecule has 17 heavy (non-hydrogen) atoms. The Hall–Kier alpha value is -0.340. The van der Waals surface area contributed by atoms with E-state index in [1.807, 2.05) is 0 Å². The van der Waals surface area contributed by atoms with E-state index in [1.165, 1.54) is 64.7 Å². The van der Waals surface area contributed by atoms with Gasteiger partial charge in [0.25, 0.3) is 0 Å². The molecule has 1 N–H and O–H groups in total. The lowest BCUT2D eigenvalue weighted by Crippen LogP contribution is -2.34. The van der Waals surface area contributed by atoms with Crippen LogP contribution in [0.3, 0.4) is 0 Å². The van der Waals surface area contributed by atoms with Crippen LogP contribution < -0.4 is 5.32 Å². The second-order valence-electron chi connectivity index (χ2n) is 5.62. The molecule has 0 aromatic rings. The largest absolute Gasteiger partial charge is 0.314 e. The van der Waals surface area contributed by atoms with Gasteiger partial charge in [0.2, 0.25) is 0 Å². The predicted molar refractivity (Wildman–Crippen MR) is 74.2 cm³/mol. The van der Waals surface area contributed by atoms with Crippen molar-refractivity contribution < 1.29 is 0 Å². The molecule has 2 nitrogen and oxygen atoms in total. The Morgan fingerprint density at radius 1 is 1.18 bits per heavy atom. The van der Waals surface area contributed by atoms with Gasteiger partial charge in [-0.2, -0.15) is 0 Å². The second-order valence-corrected chi connectivity index (χ2v) is 5.62. The molecule has 0 saturated carbocycles. The summed E-state index contributed by atoms with van der Waals surface area (Å²) in [5.74, 6) is 0.894. The van der Waals surface area contributed by atoms with Gasteiger partial charge in [-0.25, -0.2) is 0 Å². The Morgan fingerprint density at radius 2 is 2.12 bits per heavy atom. The average Bonchev–Trinajstić information content (AvgIpc) is 2.62. The van der Waals surface area contributed by atoms with Gasteiger partial charge in [-0.15, -0.1) is 0 Å². The smallest absolute Gasteiger partial charge is 0.00798 e. The highest BCUT2D eigenvalue weighted by atomic mass is 15.1. The zero-order valence-electron chi connectivity index (χ0n) is 11.3. The normalized spacial score (nSPS) is 31.4. The van der Waals surface area contributed by atoms with Crippen LogP contribution >= 0.6 is 0 Å². The van der Waals surface area contributed by atoms with Crippen molar-refractivity contribution in [3.8, 4) is 0 Å². The summed E-state index contributed by atoms with van der Waals surface area (Å²) in [5.41, 5.74) is 0. The highest BCUT2D eigenvalue weighted by Crippen LogP contribution is 2.18. The highest BCUT2D eigenvalue weighted by molar-refractivity contribution is 4.91. The fourth-order valence-electron chi connectivity index (χ4n) is 3.05. The molecule has 98 valence electrons. The van der Waals surface area contributed by atoms with E-state index in [0.29, 0.717) is 0 Å². The zero-order chi connectivity index (χ0) is 11.9. The molecule has 2 heteroatoms. The van der Waals surface area contributed by atoms with Gasteiger partial charge in [0.05, 0.1) is 0 Å². The number of allylic oxidation sites excluding steroid dienone is 2. The van der Waals surface area contributed by atoms with Gasteiger partial charge >= 0.3 is 0 Å². The minimum atomic E-state index is 0.775. The Kier molecular flexibility index (Phi) is 5.53. The van der Waals surface area contributed by atoms with Crippen molar-refractivity contribution in [2.24, 2.45) is 5.92 Å². The predicted octanol–water partition coefficient (Wildman–Crippen LogP) is 2.81. The number of nitrogens with zero attached hydrogens (tertiary/aromatic N) is 1. The number of nitrogens with one attached hydrogen (secondary N) is 1. The molecule has 0 amide bonds. The molecule has 0 spiro atoms. The molecule has 0 bridgehead atoms. The molecule has 2 unspecified atom stereocenters. The van der Waals surface area contributed by atoms with Crippen molar-refractivity contribution >= 4 is 0 Å². The minimum absolute atomic E-state index is 0.775. The number of hydrogen-bond acceptors (Lipinski definition) is 2. The monoisotopic (exact) mass is 236 g/mol. The molecule has 1 aliphatic heterocycles. The lowest BCUT2D eigenvalue weighted by molar-refractivity contribution is 0.295. The fourth-order valence-corrected chi connectivity index (χ4v) is 3.05. The maximum Gasteiger partial charge on any atom is 0.00798 e. The third-order valence-electron chi connectivity index (χ3n) is 4.34.